The van der Waals surface area contributed by atoms with Crippen molar-refractivity contribution in [1.82, 2.24) is 9.03 Å². The molecule has 1 saturated heterocycles. The molecule has 1 N–H and O–H groups in total. The average Bonchev–Trinajstić information content (AvgIpc) is 3.49. The molecular formula is C20H31F3N2O8S2. The first-order valence-corrected chi connectivity index (χ1v) is 14.7. The number of amides is 1. The zero-order valence-corrected chi connectivity index (χ0v) is 20.7. The van der Waals surface area contributed by atoms with E-state index in [0.717, 1.165) is 29.8 Å². The van der Waals surface area contributed by atoms with Gasteiger partial charge in [0.2, 0.25) is 5.91 Å². The summed E-state index contributed by atoms with van der Waals surface area (Å²) >= 11 is 0. The second kappa shape index (κ2) is 10.4. The number of rotatable bonds is 11. The summed E-state index contributed by atoms with van der Waals surface area (Å²) < 4.78 is 108. The van der Waals surface area contributed by atoms with Gasteiger partial charge in [0.1, 0.15) is 6.61 Å². The van der Waals surface area contributed by atoms with E-state index in [1.807, 2.05) is 0 Å². The van der Waals surface area contributed by atoms with Crippen molar-refractivity contribution in [3.63, 3.8) is 0 Å². The fourth-order valence-corrected chi connectivity index (χ4v) is 8.75. The Morgan fingerprint density at radius 1 is 1.09 bits per heavy atom. The molecule has 4 aliphatic rings. The van der Waals surface area contributed by atoms with Crippen LogP contribution in [0.1, 0.15) is 38.5 Å². The van der Waals surface area contributed by atoms with E-state index in [9.17, 15) is 34.8 Å². The van der Waals surface area contributed by atoms with Crippen LogP contribution in [-0.2, 0) is 38.8 Å². The van der Waals surface area contributed by atoms with Gasteiger partial charge >= 0.3 is 15.6 Å². The number of nitrogens with one attached hydrogen (secondary N) is 1. The van der Waals surface area contributed by atoms with Gasteiger partial charge < -0.3 is 14.4 Å². The molecule has 6 unspecified atom stereocenters. The van der Waals surface area contributed by atoms with Crippen molar-refractivity contribution < 1.29 is 48.5 Å². The fraction of sp³-hybridized carbons (Fsp3) is 0.950. The summed E-state index contributed by atoms with van der Waals surface area (Å²) in [6.45, 7) is 0.234. The van der Waals surface area contributed by atoms with Gasteiger partial charge in [-0.05, 0) is 49.4 Å². The number of morpholine rings is 1. The molecule has 0 aromatic heterocycles. The van der Waals surface area contributed by atoms with Crippen LogP contribution < -0.4 is 4.13 Å². The molecule has 0 aromatic rings. The molecule has 6 atom stereocenters. The molecule has 3 saturated carbocycles. The van der Waals surface area contributed by atoms with Crippen molar-refractivity contribution in [3.8, 4) is 0 Å². The molecule has 2 bridgehead atoms. The lowest BCUT2D eigenvalue weighted by Gasteiger charge is -2.31. The Morgan fingerprint density at radius 2 is 1.77 bits per heavy atom. The van der Waals surface area contributed by atoms with Gasteiger partial charge in [-0.15, -0.1) is 0 Å². The summed E-state index contributed by atoms with van der Waals surface area (Å²) in [5.74, 6) is 0.617. The third kappa shape index (κ3) is 5.79. The van der Waals surface area contributed by atoms with Crippen LogP contribution in [0.5, 0.6) is 0 Å². The smallest absolute Gasteiger partial charge is 0.378 e. The number of halogens is 3. The minimum Gasteiger partial charge on any atom is -0.378 e. The van der Waals surface area contributed by atoms with Gasteiger partial charge in [0, 0.05) is 19.5 Å². The van der Waals surface area contributed by atoms with Crippen molar-refractivity contribution in [2.24, 2.45) is 23.7 Å². The molecular weight excluding hydrogens is 517 g/mol. The van der Waals surface area contributed by atoms with E-state index in [-0.39, 0.29) is 11.8 Å². The second-order valence-electron chi connectivity index (χ2n) is 9.69. The Labute approximate surface area is 203 Å². The van der Waals surface area contributed by atoms with E-state index in [4.69, 9.17) is 13.7 Å². The summed E-state index contributed by atoms with van der Waals surface area (Å²) in [7, 11) is -11.1. The number of carbonyl (C=O) groups is 1. The maximum absolute atomic E-state index is 14.4. The molecule has 10 nitrogen and oxygen atoms in total. The molecule has 0 aromatic carbocycles. The molecule has 1 aliphatic heterocycles. The third-order valence-corrected chi connectivity index (χ3v) is 10.8. The van der Waals surface area contributed by atoms with Gasteiger partial charge in [0.15, 0.2) is 6.17 Å². The number of hydrogen-bond donors (Lipinski definition) is 1. The zero-order chi connectivity index (χ0) is 25.4. The van der Waals surface area contributed by atoms with Crippen LogP contribution in [0.2, 0.25) is 0 Å². The summed E-state index contributed by atoms with van der Waals surface area (Å²) in [5, 5.41) is -5.06. The Bertz CT molecular complexity index is 990. The molecule has 3 aliphatic carbocycles. The normalized spacial score (nSPS) is 32.1. The first-order valence-electron chi connectivity index (χ1n) is 11.8. The number of hydrogen-bond acceptors (Lipinski definition) is 8. The number of ether oxygens (including phenoxy) is 2. The van der Waals surface area contributed by atoms with E-state index >= 15 is 0 Å². The maximum atomic E-state index is 14.4. The highest BCUT2D eigenvalue weighted by atomic mass is 32.3. The van der Waals surface area contributed by atoms with E-state index in [1.54, 1.807) is 0 Å². The molecule has 4 rings (SSSR count). The van der Waals surface area contributed by atoms with Gasteiger partial charge in [-0.1, -0.05) is 10.5 Å². The van der Waals surface area contributed by atoms with Gasteiger partial charge in [-0.3, -0.25) is 8.98 Å². The summed E-state index contributed by atoms with van der Waals surface area (Å²) in [4.78, 5) is 13.4. The molecule has 1 amide bonds. The quantitative estimate of drug-likeness (QED) is 0.382. The van der Waals surface area contributed by atoms with Crippen molar-refractivity contribution in [3.05, 3.63) is 0 Å². The van der Waals surface area contributed by atoms with Crippen molar-refractivity contribution in [2.75, 3.05) is 39.5 Å². The summed E-state index contributed by atoms with van der Waals surface area (Å²) in [5.41, 5.74) is 0. The van der Waals surface area contributed by atoms with E-state index in [0.29, 0.717) is 44.6 Å². The molecule has 35 heavy (non-hydrogen) atoms. The monoisotopic (exact) mass is 548 g/mol. The molecule has 0 radical (unpaired) electrons. The Hall–Kier alpha value is -1.00. The van der Waals surface area contributed by atoms with Crippen LogP contribution in [0.25, 0.3) is 0 Å². The van der Waals surface area contributed by atoms with Gasteiger partial charge in [-0.25, -0.2) is 12.8 Å². The van der Waals surface area contributed by atoms with Crippen LogP contribution in [-0.4, -0.2) is 84.7 Å². The highest BCUT2D eigenvalue weighted by Crippen LogP contribution is 2.59. The third-order valence-electron chi connectivity index (χ3n) is 7.66. The highest BCUT2D eigenvalue weighted by Gasteiger charge is 2.57. The van der Waals surface area contributed by atoms with E-state index in [1.165, 1.54) is 4.90 Å². The number of alkyl halides is 3. The van der Waals surface area contributed by atoms with Crippen LogP contribution in [0, 0.1) is 23.7 Å². The SMILES string of the molecule is O=C(COCCC(F)C(F)(F)S(=O)(=O)NS(=O)(=O)OC1CC2CC1C1CCCC21)N1CCOCC1. The predicted octanol–water partition coefficient (Wildman–Crippen LogP) is 1.19. The fourth-order valence-electron chi connectivity index (χ4n) is 6.07. The van der Waals surface area contributed by atoms with Gasteiger partial charge in [-0.2, -0.15) is 17.2 Å². The Balaban J connectivity index is 1.25. The van der Waals surface area contributed by atoms with Crippen molar-refractivity contribution >= 4 is 26.2 Å². The molecule has 202 valence electrons. The lowest BCUT2D eigenvalue weighted by molar-refractivity contribution is -0.140. The van der Waals surface area contributed by atoms with E-state index in [2.05, 4.69) is 0 Å². The van der Waals surface area contributed by atoms with Crippen LogP contribution in [0.3, 0.4) is 0 Å². The number of fused-ring (bicyclic) bond motifs is 5. The van der Waals surface area contributed by atoms with Crippen molar-refractivity contribution in [1.29, 1.82) is 0 Å². The van der Waals surface area contributed by atoms with Crippen molar-refractivity contribution in [2.45, 2.75) is 56.1 Å². The number of carbonyl (C=O) groups excluding carboxylic acids is 1. The molecule has 4 fully saturated rings. The summed E-state index contributed by atoms with van der Waals surface area (Å²) in [6.07, 6.45) is -0.847. The topological polar surface area (TPSA) is 128 Å². The number of nitrogens with zero attached hydrogens (tertiary/aromatic N) is 1. The van der Waals surface area contributed by atoms with Gasteiger partial charge in [0.25, 0.3) is 10.0 Å². The lowest BCUT2D eigenvalue weighted by atomic mass is 9.80. The lowest BCUT2D eigenvalue weighted by Crippen LogP contribution is -2.49. The largest absolute Gasteiger partial charge is 0.390 e. The molecule has 15 heteroatoms. The average molecular weight is 549 g/mol. The Morgan fingerprint density at radius 3 is 2.49 bits per heavy atom. The Kier molecular flexibility index (Phi) is 8.04. The molecule has 0 spiro atoms. The molecule has 1 heterocycles. The van der Waals surface area contributed by atoms with Crippen LogP contribution in [0.4, 0.5) is 13.2 Å². The maximum Gasteiger partial charge on any atom is 0.390 e. The predicted molar refractivity (Wildman–Crippen MR) is 116 cm³/mol. The van der Waals surface area contributed by atoms with Crippen LogP contribution >= 0.6 is 0 Å². The van der Waals surface area contributed by atoms with E-state index < -0.39 is 63.4 Å². The minimum atomic E-state index is -5.98. The highest BCUT2D eigenvalue weighted by molar-refractivity contribution is 8.03. The minimum absolute atomic E-state index is 0.0569. The first-order chi connectivity index (χ1) is 16.4. The van der Waals surface area contributed by atoms with Gasteiger partial charge in [0.05, 0.1) is 25.9 Å². The summed E-state index contributed by atoms with van der Waals surface area (Å²) in [6, 6.07) is 0. The number of sulfonamides is 1. The standard InChI is InChI=1S/C20H31F3N2O8S2/c21-18(4-7-32-12-19(26)25-5-8-31-9-6-25)20(22,23)34(27,28)24-35(29,30)33-17-11-13-10-16(17)15-3-1-2-14(13)15/h13-18,24H,1-12H2. The van der Waals surface area contributed by atoms with Crippen LogP contribution in [0.15, 0.2) is 0 Å². The second-order valence-corrected chi connectivity index (χ2v) is 13.0. The zero-order valence-electron chi connectivity index (χ0n) is 19.1. The first kappa shape index (κ1) is 27.0.